The third-order valence-electron chi connectivity index (χ3n) is 2.89. The van der Waals surface area contributed by atoms with Gasteiger partial charge in [0.25, 0.3) is 0 Å². The lowest BCUT2D eigenvalue weighted by Crippen LogP contribution is -2.47. The summed E-state index contributed by atoms with van der Waals surface area (Å²) in [6.45, 7) is 2.65. The van der Waals surface area contributed by atoms with Gasteiger partial charge in [0.2, 0.25) is 11.8 Å². The summed E-state index contributed by atoms with van der Waals surface area (Å²) in [4.78, 5) is 33.9. The number of hydrogen-bond acceptors (Lipinski definition) is 5. The van der Waals surface area contributed by atoms with Crippen molar-refractivity contribution in [3.05, 3.63) is 29.8 Å². The highest BCUT2D eigenvalue weighted by Gasteiger charge is 2.30. The van der Waals surface area contributed by atoms with Crippen molar-refractivity contribution in [2.75, 3.05) is 23.4 Å². The molecular formula is C15H20N2O5S. The number of carbonyl (C=O) groups is 3. The fraction of sp³-hybridized carbons (Fsp3) is 0.400. The molecule has 1 rings (SSSR count). The summed E-state index contributed by atoms with van der Waals surface area (Å²) in [5, 5.41) is 23.2. The fourth-order valence-electron chi connectivity index (χ4n) is 1.47. The van der Waals surface area contributed by atoms with Gasteiger partial charge in [0.15, 0.2) is 5.60 Å². The number of rotatable bonds is 8. The third kappa shape index (κ3) is 7.16. The summed E-state index contributed by atoms with van der Waals surface area (Å²) in [5.74, 6) is -2.00. The first-order chi connectivity index (χ1) is 10.7. The molecule has 0 aliphatic rings. The number of aliphatic carboxylic acids is 1. The Kier molecular flexibility index (Phi) is 7.05. The summed E-state index contributed by atoms with van der Waals surface area (Å²) < 4.78 is 0. The number of nitrogens with one attached hydrogen (secondary N) is 2. The van der Waals surface area contributed by atoms with Crippen molar-refractivity contribution < 1.29 is 24.6 Å². The molecule has 0 spiro atoms. The molecule has 0 aliphatic carbocycles. The molecule has 126 valence electrons. The Morgan fingerprint density at radius 3 is 2.26 bits per heavy atom. The van der Waals surface area contributed by atoms with Gasteiger partial charge in [-0.05, 0) is 26.0 Å². The number of anilines is 1. The smallest absolute Gasteiger partial charge is 0.337 e. The van der Waals surface area contributed by atoms with Crippen LogP contribution in [0.2, 0.25) is 0 Å². The second kappa shape index (κ2) is 8.54. The number of carboxylic acids is 1. The van der Waals surface area contributed by atoms with Gasteiger partial charge in [-0.15, -0.1) is 11.8 Å². The van der Waals surface area contributed by atoms with Crippen LogP contribution >= 0.6 is 11.8 Å². The summed E-state index contributed by atoms with van der Waals surface area (Å²) in [7, 11) is 0. The zero-order valence-corrected chi connectivity index (χ0v) is 13.8. The zero-order valence-electron chi connectivity index (χ0n) is 13.0. The second-order valence-electron chi connectivity index (χ2n) is 5.26. The molecule has 0 fully saturated rings. The summed E-state index contributed by atoms with van der Waals surface area (Å²) in [6.07, 6.45) is 0. The largest absolute Gasteiger partial charge is 0.479 e. The first-order valence-electron chi connectivity index (χ1n) is 6.87. The van der Waals surface area contributed by atoms with Crippen LogP contribution in [0.3, 0.4) is 0 Å². The highest BCUT2D eigenvalue weighted by molar-refractivity contribution is 8.00. The minimum absolute atomic E-state index is 0.00296. The topological polar surface area (TPSA) is 116 Å². The molecule has 0 bridgehead atoms. The van der Waals surface area contributed by atoms with E-state index in [-0.39, 0.29) is 17.4 Å². The Morgan fingerprint density at radius 1 is 1.13 bits per heavy atom. The lowest BCUT2D eigenvalue weighted by Gasteiger charge is -2.18. The van der Waals surface area contributed by atoms with E-state index in [1.165, 1.54) is 0 Å². The predicted molar refractivity (Wildman–Crippen MR) is 88.4 cm³/mol. The highest BCUT2D eigenvalue weighted by atomic mass is 32.2. The number of amides is 2. The van der Waals surface area contributed by atoms with Gasteiger partial charge < -0.3 is 20.8 Å². The zero-order chi connectivity index (χ0) is 17.5. The third-order valence-corrected chi connectivity index (χ3v) is 3.82. The number of aliphatic hydroxyl groups is 1. The van der Waals surface area contributed by atoms with E-state index in [0.29, 0.717) is 5.69 Å². The van der Waals surface area contributed by atoms with E-state index in [2.05, 4.69) is 10.6 Å². The Hall–Kier alpha value is -2.06. The molecule has 0 radical (unpaired) electrons. The molecule has 4 N–H and O–H groups in total. The van der Waals surface area contributed by atoms with Crippen LogP contribution in [0.25, 0.3) is 0 Å². The van der Waals surface area contributed by atoms with Crippen LogP contribution in [0.4, 0.5) is 5.69 Å². The molecule has 1 aromatic rings. The molecule has 0 aromatic heterocycles. The van der Waals surface area contributed by atoms with Gasteiger partial charge in [-0.2, -0.15) is 0 Å². The van der Waals surface area contributed by atoms with Crippen molar-refractivity contribution in [2.24, 2.45) is 0 Å². The summed E-state index contributed by atoms with van der Waals surface area (Å²) >= 11 is 1.10. The molecule has 1 unspecified atom stereocenters. The quantitative estimate of drug-likeness (QED) is 0.551. The van der Waals surface area contributed by atoms with Crippen LogP contribution in [0, 0.1) is 6.92 Å². The van der Waals surface area contributed by atoms with Crippen LogP contribution in [-0.4, -0.2) is 51.6 Å². The summed E-state index contributed by atoms with van der Waals surface area (Å²) in [5.41, 5.74) is -0.238. The van der Waals surface area contributed by atoms with Gasteiger partial charge in [-0.1, -0.05) is 17.7 Å². The lowest BCUT2D eigenvalue weighted by atomic mass is 10.1. The Balaban J connectivity index is 2.25. The van der Waals surface area contributed by atoms with Crippen molar-refractivity contribution >= 4 is 35.2 Å². The van der Waals surface area contributed by atoms with E-state index in [1.54, 1.807) is 12.1 Å². The molecule has 0 aliphatic heterocycles. The van der Waals surface area contributed by atoms with E-state index >= 15 is 0 Å². The van der Waals surface area contributed by atoms with Gasteiger partial charge in [-0.25, -0.2) is 4.79 Å². The van der Waals surface area contributed by atoms with Gasteiger partial charge >= 0.3 is 5.97 Å². The molecule has 23 heavy (non-hydrogen) atoms. The maximum absolute atomic E-state index is 11.7. The van der Waals surface area contributed by atoms with Crippen molar-refractivity contribution in [3.8, 4) is 0 Å². The lowest BCUT2D eigenvalue weighted by molar-refractivity contribution is -0.156. The van der Waals surface area contributed by atoms with Gasteiger partial charge in [-0.3, -0.25) is 9.59 Å². The molecule has 1 aromatic carbocycles. The van der Waals surface area contributed by atoms with Crippen molar-refractivity contribution in [1.29, 1.82) is 0 Å². The van der Waals surface area contributed by atoms with Crippen molar-refractivity contribution in [2.45, 2.75) is 19.4 Å². The fourth-order valence-corrected chi connectivity index (χ4v) is 2.11. The standard InChI is InChI=1S/C15H20N2O5S/c1-10-3-5-11(6-4-10)17-13(19)8-23-7-12(18)16-9-15(2,22)14(20)21/h3-6,22H,7-9H2,1-2H3,(H,16,18)(H,17,19)(H,20,21). The molecule has 8 heteroatoms. The number of carboxylic acid groups (broad SMARTS) is 1. The van der Waals surface area contributed by atoms with Crippen LogP contribution in [0.5, 0.6) is 0 Å². The normalized spacial score (nSPS) is 13.0. The average molecular weight is 340 g/mol. The van der Waals surface area contributed by atoms with Crippen LogP contribution in [0.1, 0.15) is 12.5 Å². The maximum atomic E-state index is 11.7. The minimum atomic E-state index is -2.01. The molecule has 0 saturated carbocycles. The molecule has 1 atom stereocenters. The van der Waals surface area contributed by atoms with E-state index in [0.717, 1.165) is 24.2 Å². The van der Waals surface area contributed by atoms with Gasteiger partial charge in [0.05, 0.1) is 18.1 Å². The second-order valence-corrected chi connectivity index (χ2v) is 6.25. The Labute approximate surface area is 138 Å². The van der Waals surface area contributed by atoms with Crippen LogP contribution < -0.4 is 10.6 Å². The number of carbonyl (C=O) groups excluding carboxylic acids is 2. The first-order valence-corrected chi connectivity index (χ1v) is 8.03. The molecule has 7 nitrogen and oxygen atoms in total. The van der Waals surface area contributed by atoms with Gasteiger partial charge in [0.1, 0.15) is 0 Å². The molecule has 0 heterocycles. The van der Waals surface area contributed by atoms with E-state index in [4.69, 9.17) is 5.11 Å². The average Bonchev–Trinajstić information content (AvgIpc) is 2.47. The Bertz CT molecular complexity index is 572. The van der Waals surface area contributed by atoms with Gasteiger partial charge in [0, 0.05) is 5.69 Å². The van der Waals surface area contributed by atoms with E-state index in [1.807, 2.05) is 19.1 Å². The van der Waals surface area contributed by atoms with Crippen molar-refractivity contribution in [1.82, 2.24) is 5.32 Å². The first kappa shape index (κ1) is 19.0. The van der Waals surface area contributed by atoms with Crippen LogP contribution in [-0.2, 0) is 14.4 Å². The number of benzene rings is 1. The van der Waals surface area contributed by atoms with E-state index < -0.39 is 24.0 Å². The number of aryl methyl sites for hydroxylation is 1. The highest BCUT2D eigenvalue weighted by Crippen LogP contribution is 2.09. The monoisotopic (exact) mass is 340 g/mol. The molecular weight excluding hydrogens is 320 g/mol. The number of hydrogen-bond donors (Lipinski definition) is 4. The van der Waals surface area contributed by atoms with Crippen LogP contribution in [0.15, 0.2) is 24.3 Å². The Morgan fingerprint density at radius 2 is 1.70 bits per heavy atom. The summed E-state index contributed by atoms with van der Waals surface area (Å²) in [6, 6.07) is 7.34. The van der Waals surface area contributed by atoms with Crippen molar-refractivity contribution in [3.63, 3.8) is 0 Å². The van der Waals surface area contributed by atoms with E-state index in [9.17, 15) is 19.5 Å². The minimum Gasteiger partial charge on any atom is -0.479 e. The SMILES string of the molecule is Cc1ccc(NC(=O)CSCC(=O)NCC(C)(O)C(=O)O)cc1. The maximum Gasteiger partial charge on any atom is 0.337 e. The molecule has 0 saturated heterocycles. The molecule has 2 amide bonds. The number of thioether (sulfide) groups is 1. The predicted octanol–water partition coefficient (Wildman–Crippen LogP) is 0.619.